The van der Waals surface area contributed by atoms with E-state index in [0.717, 1.165) is 5.56 Å². The average Bonchev–Trinajstić information content (AvgIpc) is 2.64. The minimum atomic E-state index is -0.758. The molecule has 1 aromatic rings. The molecule has 1 saturated carbocycles. The molecule has 0 saturated heterocycles. The number of carbonyl (C=O) groups is 1. The molecule has 1 heterocycles. The quantitative estimate of drug-likeness (QED) is 0.874. The molecular formula is C9H8Cl2O2S. The number of carboxylic acids is 1. The third-order valence-corrected chi connectivity index (χ3v) is 4.29. The maximum absolute atomic E-state index is 10.8. The van der Waals surface area contributed by atoms with Crippen molar-refractivity contribution >= 4 is 40.5 Å². The van der Waals surface area contributed by atoms with Gasteiger partial charge in [0.2, 0.25) is 0 Å². The third-order valence-electron chi connectivity index (χ3n) is 2.81. The molecule has 0 amide bonds. The van der Waals surface area contributed by atoms with E-state index in [1.807, 2.05) is 6.92 Å². The van der Waals surface area contributed by atoms with Gasteiger partial charge in [0.05, 0.1) is 14.6 Å². The van der Waals surface area contributed by atoms with Gasteiger partial charge in [0.15, 0.2) is 0 Å². The monoisotopic (exact) mass is 250 g/mol. The Morgan fingerprint density at radius 3 is 2.71 bits per heavy atom. The molecule has 2 atom stereocenters. The van der Waals surface area contributed by atoms with Gasteiger partial charge in [0.25, 0.3) is 0 Å². The Balaban J connectivity index is 2.34. The van der Waals surface area contributed by atoms with Crippen molar-refractivity contribution in [1.29, 1.82) is 0 Å². The zero-order valence-corrected chi connectivity index (χ0v) is 9.71. The van der Waals surface area contributed by atoms with Crippen LogP contribution < -0.4 is 0 Å². The Morgan fingerprint density at radius 2 is 2.36 bits per heavy atom. The Morgan fingerprint density at radius 1 is 1.71 bits per heavy atom. The lowest BCUT2D eigenvalue weighted by molar-refractivity contribution is -0.138. The number of halogens is 2. The number of hydrogen-bond donors (Lipinski definition) is 1. The summed E-state index contributed by atoms with van der Waals surface area (Å²) in [7, 11) is 0. The lowest BCUT2D eigenvalue weighted by Crippen LogP contribution is -2.10. The van der Waals surface area contributed by atoms with Crippen LogP contribution in [-0.2, 0) is 10.2 Å². The van der Waals surface area contributed by atoms with Crippen molar-refractivity contribution in [2.24, 2.45) is 5.92 Å². The van der Waals surface area contributed by atoms with E-state index in [-0.39, 0.29) is 11.3 Å². The predicted octanol–water partition coefficient (Wildman–Crippen LogP) is 3.42. The van der Waals surface area contributed by atoms with Crippen LogP contribution >= 0.6 is 34.5 Å². The van der Waals surface area contributed by atoms with Gasteiger partial charge in [-0.25, -0.2) is 0 Å². The zero-order valence-electron chi connectivity index (χ0n) is 7.38. The van der Waals surface area contributed by atoms with Crippen molar-refractivity contribution in [3.63, 3.8) is 0 Å². The largest absolute Gasteiger partial charge is 0.481 e. The maximum Gasteiger partial charge on any atom is 0.307 e. The first kappa shape index (κ1) is 10.3. The first-order valence-corrected chi connectivity index (χ1v) is 5.70. The summed E-state index contributed by atoms with van der Waals surface area (Å²) in [4.78, 5) is 10.8. The second kappa shape index (κ2) is 3.12. The van der Waals surface area contributed by atoms with Crippen LogP contribution in [0.4, 0.5) is 0 Å². The van der Waals surface area contributed by atoms with Crippen LogP contribution in [0.1, 0.15) is 18.9 Å². The van der Waals surface area contributed by atoms with E-state index < -0.39 is 5.97 Å². The topological polar surface area (TPSA) is 37.3 Å². The molecule has 0 bridgehead atoms. The summed E-state index contributed by atoms with van der Waals surface area (Å²) in [5, 5.41) is 8.88. The molecule has 1 aliphatic carbocycles. The molecule has 1 aliphatic rings. The van der Waals surface area contributed by atoms with Crippen molar-refractivity contribution in [2.45, 2.75) is 18.8 Å². The molecule has 1 aromatic heterocycles. The van der Waals surface area contributed by atoms with Crippen LogP contribution in [0.2, 0.25) is 8.67 Å². The highest BCUT2D eigenvalue weighted by Crippen LogP contribution is 2.57. The Labute approximate surface area is 95.5 Å². The number of thiophene rings is 1. The molecule has 14 heavy (non-hydrogen) atoms. The SMILES string of the molecule is CC1(c2cc(Cl)sc2Cl)CC1C(=O)O. The second-order valence-electron chi connectivity index (χ2n) is 3.75. The molecule has 0 aliphatic heterocycles. The van der Waals surface area contributed by atoms with Gasteiger partial charge in [-0.1, -0.05) is 30.1 Å². The van der Waals surface area contributed by atoms with Crippen LogP contribution in [0.5, 0.6) is 0 Å². The van der Waals surface area contributed by atoms with Crippen LogP contribution in [0.15, 0.2) is 6.07 Å². The molecule has 1 N–H and O–H groups in total. The van der Waals surface area contributed by atoms with Gasteiger partial charge in [0, 0.05) is 5.41 Å². The highest BCUT2D eigenvalue weighted by Gasteiger charge is 2.57. The second-order valence-corrected chi connectivity index (χ2v) is 6.04. The zero-order chi connectivity index (χ0) is 10.5. The highest BCUT2D eigenvalue weighted by atomic mass is 35.5. The normalized spacial score (nSPS) is 30.4. The first-order valence-electron chi connectivity index (χ1n) is 4.13. The Hall–Kier alpha value is -0.250. The lowest BCUT2D eigenvalue weighted by atomic mass is 9.99. The van der Waals surface area contributed by atoms with Gasteiger partial charge in [-0.05, 0) is 18.1 Å². The molecule has 2 rings (SSSR count). The Kier molecular flexibility index (Phi) is 2.29. The van der Waals surface area contributed by atoms with E-state index in [1.165, 1.54) is 11.3 Å². The predicted molar refractivity (Wildman–Crippen MR) is 57.4 cm³/mol. The molecule has 2 unspecified atom stereocenters. The first-order chi connectivity index (χ1) is 6.45. The summed E-state index contributed by atoms with van der Waals surface area (Å²) in [5.41, 5.74) is 0.564. The number of rotatable bonds is 2. The van der Waals surface area contributed by atoms with Crippen LogP contribution in [0.25, 0.3) is 0 Å². The van der Waals surface area contributed by atoms with Crippen molar-refractivity contribution in [3.05, 3.63) is 20.3 Å². The Bertz CT molecular complexity index is 402. The van der Waals surface area contributed by atoms with Gasteiger partial charge >= 0.3 is 5.97 Å². The van der Waals surface area contributed by atoms with E-state index in [9.17, 15) is 4.79 Å². The summed E-state index contributed by atoms with van der Waals surface area (Å²) in [5.74, 6) is -1.07. The standard InChI is InChI=1S/C9H8Cl2O2S/c1-9(3-5(9)8(12)13)4-2-6(10)14-7(4)11/h2,5H,3H2,1H3,(H,12,13). The van der Waals surface area contributed by atoms with Gasteiger partial charge in [-0.2, -0.15) is 0 Å². The summed E-state index contributed by atoms with van der Waals surface area (Å²) in [6.07, 6.45) is 0.648. The molecule has 2 nitrogen and oxygen atoms in total. The van der Waals surface area contributed by atoms with E-state index in [2.05, 4.69) is 0 Å². The highest BCUT2D eigenvalue weighted by molar-refractivity contribution is 7.20. The van der Waals surface area contributed by atoms with E-state index in [4.69, 9.17) is 28.3 Å². The summed E-state index contributed by atoms with van der Waals surface area (Å²) in [6.45, 7) is 1.91. The van der Waals surface area contributed by atoms with E-state index in [0.29, 0.717) is 15.1 Å². The van der Waals surface area contributed by atoms with Crippen molar-refractivity contribution in [1.82, 2.24) is 0 Å². The smallest absolute Gasteiger partial charge is 0.307 e. The summed E-state index contributed by atoms with van der Waals surface area (Å²) >= 11 is 13.1. The number of hydrogen-bond acceptors (Lipinski definition) is 2. The number of aliphatic carboxylic acids is 1. The fourth-order valence-corrected chi connectivity index (χ4v) is 3.48. The molecule has 0 aromatic carbocycles. The van der Waals surface area contributed by atoms with E-state index in [1.54, 1.807) is 6.07 Å². The fourth-order valence-electron chi connectivity index (χ4n) is 1.75. The minimum absolute atomic E-state index is 0.313. The van der Waals surface area contributed by atoms with Crippen molar-refractivity contribution < 1.29 is 9.90 Å². The molecule has 5 heteroatoms. The summed E-state index contributed by atoms with van der Waals surface area (Å²) in [6, 6.07) is 1.78. The molecule has 76 valence electrons. The van der Waals surface area contributed by atoms with Crippen LogP contribution in [0, 0.1) is 5.92 Å². The van der Waals surface area contributed by atoms with Crippen molar-refractivity contribution in [2.75, 3.05) is 0 Å². The van der Waals surface area contributed by atoms with Gasteiger partial charge in [0.1, 0.15) is 0 Å². The lowest BCUT2D eigenvalue weighted by Gasteiger charge is -2.07. The van der Waals surface area contributed by atoms with Crippen LogP contribution in [0.3, 0.4) is 0 Å². The van der Waals surface area contributed by atoms with Gasteiger partial charge in [-0.3, -0.25) is 4.79 Å². The fraction of sp³-hybridized carbons (Fsp3) is 0.444. The maximum atomic E-state index is 10.8. The molecule has 0 spiro atoms. The van der Waals surface area contributed by atoms with Gasteiger partial charge < -0.3 is 5.11 Å². The number of carboxylic acid groups (broad SMARTS) is 1. The third kappa shape index (κ3) is 1.44. The average molecular weight is 251 g/mol. The minimum Gasteiger partial charge on any atom is -0.481 e. The van der Waals surface area contributed by atoms with Crippen LogP contribution in [-0.4, -0.2) is 11.1 Å². The molecule has 0 radical (unpaired) electrons. The molecular weight excluding hydrogens is 243 g/mol. The summed E-state index contributed by atoms with van der Waals surface area (Å²) < 4.78 is 1.23. The van der Waals surface area contributed by atoms with Crippen molar-refractivity contribution in [3.8, 4) is 0 Å². The van der Waals surface area contributed by atoms with E-state index >= 15 is 0 Å². The molecule has 1 fully saturated rings. The van der Waals surface area contributed by atoms with Gasteiger partial charge in [-0.15, -0.1) is 11.3 Å².